The highest BCUT2D eigenvalue weighted by Crippen LogP contribution is 2.30. The number of methoxy groups -OCH3 is 2. The molecule has 0 spiro atoms. The minimum atomic E-state index is 0.188. The van der Waals surface area contributed by atoms with Crippen LogP contribution in [0.2, 0.25) is 0 Å². The van der Waals surface area contributed by atoms with Crippen LogP contribution in [0.1, 0.15) is 30.8 Å². The van der Waals surface area contributed by atoms with Crippen molar-refractivity contribution in [3.8, 4) is 11.5 Å². The lowest BCUT2D eigenvalue weighted by atomic mass is 10.0. The van der Waals surface area contributed by atoms with Crippen molar-refractivity contribution in [2.24, 2.45) is 0 Å². The Morgan fingerprint density at radius 1 is 1.25 bits per heavy atom. The second kappa shape index (κ2) is 6.85. The Bertz CT molecular complexity index is 530. The fourth-order valence-electron chi connectivity index (χ4n) is 2.04. The highest BCUT2D eigenvalue weighted by atomic mass is 16.5. The van der Waals surface area contributed by atoms with E-state index < -0.39 is 0 Å². The van der Waals surface area contributed by atoms with E-state index in [9.17, 15) is 0 Å². The van der Waals surface area contributed by atoms with Crippen LogP contribution in [-0.4, -0.2) is 34.8 Å². The number of hydrogen-bond acceptors (Lipinski definition) is 6. The van der Waals surface area contributed by atoms with Gasteiger partial charge in [0.15, 0.2) is 17.3 Å². The lowest BCUT2D eigenvalue weighted by Gasteiger charge is -2.18. The third-order valence-corrected chi connectivity index (χ3v) is 3.11. The maximum atomic E-state index is 5.33. The van der Waals surface area contributed by atoms with Crippen LogP contribution in [0.5, 0.6) is 11.5 Å². The van der Waals surface area contributed by atoms with Gasteiger partial charge in [-0.1, -0.05) is 18.2 Å². The van der Waals surface area contributed by atoms with E-state index in [1.54, 1.807) is 14.2 Å². The van der Waals surface area contributed by atoms with Crippen LogP contribution in [0.4, 0.5) is 0 Å². The van der Waals surface area contributed by atoms with Gasteiger partial charge < -0.3 is 14.8 Å². The molecule has 1 unspecified atom stereocenters. The summed E-state index contributed by atoms with van der Waals surface area (Å²) in [6, 6.07) is 6.11. The molecule has 0 bridgehead atoms. The Hall–Kier alpha value is -2.15. The van der Waals surface area contributed by atoms with Crippen molar-refractivity contribution in [2.45, 2.75) is 25.9 Å². The summed E-state index contributed by atoms with van der Waals surface area (Å²) in [7, 11) is 3.26. The van der Waals surface area contributed by atoms with E-state index in [-0.39, 0.29) is 6.04 Å². The van der Waals surface area contributed by atoms with E-state index in [1.807, 2.05) is 18.2 Å². The zero-order chi connectivity index (χ0) is 14.4. The second-order valence-corrected chi connectivity index (χ2v) is 4.28. The van der Waals surface area contributed by atoms with Gasteiger partial charge in [-0.3, -0.25) is 0 Å². The number of aromatic amines is 1. The Balaban J connectivity index is 2.10. The summed E-state index contributed by atoms with van der Waals surface area (Å²) in [5, 5.41) is 17.2. The largest absolute Gasteiger partial charge is 0.493 e. The molecule has 0 saturated heterocycles. The van der Waals surface area contributed by atoms with Crippen molar-refractivity contribution in [2.75, 3.05) is 14.2 Å². The Labute approximate surface area is 117 Å². The summed E-state index contributed by atoms with van der Waals surface area (Å²) < 4.78 is 10.6. The fraction of sp³-hybridized carbons (Fsp3) is 0.462. The Morgan fingerprint density at radius 3 is 2.65 bits per heavy atom. The lowest BCUT2D eigenvalue weighted by Crippen LogP contribution is -2.21. The maximum absolute atomic E-state index is 5.33. The van der Waals surface area contributed by atoms with Gasteiger partial charge in [0.05, 0.1) is 20.8 Å². The molecule has 1 heterocycles. The first-order valence-corrected chi connectivity index (χ1v) is 6.46. The number of tetrazole rings is 1. The molecule has 0 aliphatic rings. The van der Waals surface area contributed by atoms with Crippen LogP contribution in [0.25, 0.3) is 0 Å². The van der Waals surface area contributed by atoms with Crippen molar-refractivity contribution < 1.29 is 9.47 Å². The SMILES string of the molecule is CCC(NCc1nn[nH]n1)c1ccc(OC)c(OC)c1. The molecular weight excluding hydrogens is 258 g/mol. The number of hydrogen-bond donors (Lipinski definition) is 2. The van der Waals surface area contributed by atoms with Gasteiger partial charge in [0, 0.05) is 6.04 Å². The average Bonchev–Trinajstić information content (AvgIpc) is 3.01. The molecule has 0 saturated carbocycles. The van der Waals surface area contributed by atoms with Crippen LogP contribution in [-0.2, 0) is 6.54 Å². The summed E-state index contributed by atoms with van der Waals surface area (Å²) in [5.41, 5.74) is 1.13. The first-order chi connectivity index (χ1) is 9.78. The first kappa shape index (κ1) is 14.3. The molecule has 1 aromatic carbocycles. The molecule has 0 aliphatic heterocycles. The molecule has 20 heavy (non-hydrogen) atoms. The summed E-state index contributed by atoms with van der Waals surface area (Å²) >= 11 is 0. The smallest absolute Gasteiger partial charge is 0.188 e. The topological polar surface area (TPSA) is 85.0 Å². The van der Waals surface area contributed by atoms with Gasteiger partial charge in [0.2, 0.25) is 0 Å². The number of nitrogens with zero attached hydrogens (tertiary/aromatic N) is 3. The molecule has 2 aromatic rings. The minimum Gasteiger partial charge on any atom is -0.493 e. The third-order valence-electron chi connectivity index (χ3n) is 3.11. The first-order valence-electron chi connectivity index (χ1n) is 6.46. The van der Waals surface area contributed by atoms with E-state index >= 15 is 0 Å². The Morgan fingerprint density at radius 2 is 2.05 bits per heavy atom. The van der Waals surface area contributed by atoms with E-state index in [0.717, 1.165) is 23.5 Å². The summed E-state index contributed by atoms with van der Waals surface area (Å²) in [5.74, 6) is 2.10. The number of nitrogens with one attached hydrogen (secondary N) is 2. The average molecular weight is 277 g/mol. The van der Waals surface area contributed by atoms with Crippen LogP contribution < -0.4 is 14.8 Å². The predicted octanol–water partition coefficient (Wildman–Crippen LogP) is 1.46. The highest BCUT2D eigenvalue weighted by molar-refractivity contribution is 5.43. The van der Waals surface area contributed by atoms with Gasteiger partial charge in [-0.05, 0) is 24.1 Å². The monoisotopic (exact) mass is 277 g/mol. The molecule has 1 atom stereocenters. The van der Waals surface area contributed by atoms with Gasteiger partial charge in [0.1, 0.15) is 0 Å². The quantitative estimate of drug-likeness (QED) is 0.797. The normalized spacial score (nSPS) is 12.2. The highest BCUT2D eigenvalue weighted by Gasteiger charge is 2.13. The third kappa shape index (κ3) is 3.24. The maximum Gasteiger partial charge on any atom is 0.188 e. The van der Waals surface area contributed by atoms with E-state index in [1.165, 1.54) is 0 Å². The van der Waals surface area contributed by atoms with Crippen molar-refractivity contribution >= 4 is 0 Å². The fourth-order valence-corrected chi connectivity index (χ4v) is 2.04. The van der Waals surface area contributed by atoms with Gasteiger partial charge in [-0.2, -0.15) is 5.21 Å². The molecule has 2 N–H and O–H groups in total. The number of H-pyrrole nitrogens is 1. The number of benzene rings is 1. The molecule has 2 rings (SSSR count). The zero-order valence-electron chi connectivity index (χ0n) is 11.9. The van der Waals surface area contributed by atoms with Gasteiger partial charge in [0.25, 0.3) is 0 Å². The number of rotatable bonds is 7. The van der Waals surface area contributed by atoms with Crippen LogP contribution in [0.15, 0.2) is 18.2 Å². The minimum absolute atomic E-state index is 0.188. The van der Waals surface area contributed by atoms with Crippen molar-refractivity contribution in [3.63, 3.8) is 0 Å². The van der Waals surface area contributed by atoms with Gasteiger partial charge in [-0.25, -0.2) is 0 Å². The Kier molecular flexibility index (Phi) is 4.89. The van der Waals surface area contributed by atoms with E-state index in [0.29, 0.717) is 12.4 Å². The van der Waals surface area contributed by atoms with Crippen LogP contribution in [0, 0.1) is 0 Å². The van der Waals surface area contributed by atoms with E-state index in [2.05, 4.69) is 32.9 Å². The summed E-state index contributed by atoms with van der Waals surface area (Å²) in [6.07, 6.45) is 0.938. The molecule has 1 aromatic heterocycles. The zero-order valence-corrected chi connectivity index (χ0v) is 11.9. The van der Waals surface area contributed by atoms with Crippen molar-refractivity contribution in [1.82, 2.24) is 25.9 Å². The number of ether oxygens (including phenoxy) is 2. The summed E-state index contributed by atoms with van der Waals surface area (Å²) in [6.45, 7) is 2.67. The van der Waals surface area contributed by atoms with Crippen LogP contribution >= 0.6 is 0 Å². The van der Waals surface area contributed by atoms with Crippen molar-refractivity contribution in [1.29, 1.82) is 0 Å². The van der Waals surface area contributed by atoms with Crippen molar-refractivity contribution in [3.05, 3.63) is 29.6 Å². The van der Waals surface area contributed by atoms with Gasteiger partial charge in [-0.15, -0.1) is 10.2 Å². The van der Waals surface area contributed by atoms with Gasteiger partial charge >= 0.3 is 0 Å². The lowest BCUT2D eigenvalue weighted by molar-refractivity contribution is 0.353. The predicted molar refractivity (Wildman–Crippen MR) is 73.6 cm³/mol. The molecule has 7 heteroatoms. The summed E-state index contributed by atoms with van der Waals surface area (Å²) in [4.78, 5) is 0. The number of aromatic nitrogens is 4. The van der Waals surface area contributed by atoms with Crippen LogP contribution in [0.3, 0.4) is 0 Å². The molecule has 0 fully saturated rings. The second-order valence-electron chi connectivity index (χ2n) is 4.28. The molecule has 0 radical (unpaired) electrons. The standard InChI is InChI=1S/C13H19N5O2/c1-4-10(14-8-13-15-17-18-16-13)9-5-6-11(19-2)12(7-9)20-3/h5-7,10,14H,4,8H2,1-3H3,(H,15,16,17,18). The molecule has 108 valence electrons. The molecule has 0 amide bonds. The molecule has 7 nitrogen and oxygen atoms in total. The molecule has 0 aliphatic carbocycles. The molecular formula is C13H19N5O2. The van der Waals surface area contributed by atoms with E-state index in [4.69, 9.17) is 9.47 Å².